The summed E-state index contributed by atoms with van der Waals surface area (Å²) >= 11 is 0. The van der Waals surface area contributed by atoms with Gasteiger partial charge in [0.25, 0.3) is 0 Å². The minimum absolute atomic E-state index is 0.134. The van der Waals surface area contributed by atoms with Gasteiger partial charge in [0.1, 0.15) is 0 Å². The van der Waals surface area contributed by atoms with E-state index in [2.05, 4.69) is 5.32 Å². The fourth-order valence-electron chi connectivity index (χ4n) is 1.87. The van der Waals surface area contributed by atoms with E-state index in [1.54, 1.807) is 0 Å². The fraction of sp³-hybridized carbons (Fsp3) is 0.500. The van der Waals surface area contributed by atoms with Gasteiger partial charge in [0, 0.05) is 18.8 Å². The van der Waals surface area contributed by atoms with E-state index in [1.807, 2.05) is 0 Å². The van der Waals surface area contributed by atoms with Crippen LogP contribution in [-0.4, -0.2) is 29.3 Å². The Morgan fingerprint density at radius 1 is 1.14 bits per heavy atom. The highest BCUT2D eigenvalue weighted by molar-refractivity contribution is 5.94. The summed E-state index contributed by atoms with van der Waals surface area (Å²) in [7, 11) is 0. The van der Waals surface area contributed by atoms with Crippen molar-refractivity contribution in [2.24, 2.45) is 0 Å². The van der Waals surface area contributed by atoms with E-state index in [1.165, 1.54) is 0 Å². The molecule has 0 heterocycles. The molecule has 0 aromatic heterocycles. The summed E-state index contributed by atoms with van der Waals surface area (Å²) in [6, 6.07) is 2.64. The number of unbranched alkanes of at least 4 members (excludes halogenated alkanes) is 3. The van der Waals surface area contributed by atoms with Crippen molar-refractivity contribution in [2.75, 3.05) is 18.5 Å². The highest BCUT2D eigenvalue weighted by Gasteiger charge is 2.31. The van der Waals surface area contributed by atoms with Crippen LogP contribution in [0.1, 0.15) is 41.6 Å². The van der Waals surface area contributed by atoms with Crippen LogP contribution in [0.2, 0.25) is 0 Å². The number of aliphatic hydroxyl groups is 1. The number of aromatic carboxylic acids is 1. The maximum atomic E-state index is 12.6. The fourth-order valence-corrected chi connectivity index (χ4v) is 1.87. The van der Waals surface area contributed by atoms with E-state index in [0.29, 0.717) is 19.0 Å². The minimum atomic E-state index is -4.56. The number of nitrogens with one attached hydrogen (secondary N) is 1. The molecule has 0 aliphatic heterocycles. The molecule has 0 atom stereocenters. The Labute approximate surface area is 120 Å². The number of hydrogen-bond donors (Lipinski definition) is 3. The minimum Gasteiger partial charge on any atom is -0.478 e. The first-order valence-electron chi connectivity index (χ1n) is 6.65. The second-order valence-electron chi connectivity index (χ2n) is 4.63. The number of anilines is 1. The third kappa shape index (κ3) is 5.63. The number of aliphatic hydroxyl groups excluding tert-OH is 1. The molecule has 21 heavy (non-hydrogen) atoms. The zero-order valence-corrected chi connectivity index (χ0v) is 11.4. The Hall–Kier alpha value is -1.76. The van der Waals surface area contributed by atoms with Crippen LogP contribution in [0.15, 0.2) is 18.2 Å². The van der Waals surface area contributed by atoms with Crippen LogP contribution in [0.3, 0.4) is 0 Å². The van der Waals surface area contributed by atoms with Gasteiger partial charge in [0.05, 0.1) is 11.1 Å². The van der Waals surface area contributed by atoms with Crippen LogP contribution < -0.4 is 5.32 Å². The van der Waals surface area contributed by atoms with Crippen molar-refractivity contribution in [2.45, 2.75) is 31.9 Å². The van der Waals surface area contributed by atoms with Gasteiger partial charge < -0.3 is 15.5 Å². The summed E-state index contributed by atoms with van der Waals surface area (Å²) in [5.74, 6) is -1.40. The molecule has 0 amide bonds. The van der Waals surface area contributed by atoms with Gasteiger partial charge in [0.2, 0.25) is 0 Å². The van der Waals surface area contributed by atoms with Gasteiger partial charge in [-0.05, 0) is 31.0 Å². The molecule has 0 saturated heterocycles. The molecule has 3 N–H and O–H groups in total. The van der Waals surface area contributed by atoms with Crippen LogP contribution in [0.5, 0.6) is 0 Å². The number of halogens is 3. The molecule has 0 fully saturated rings. The Kier molecular flexibility index (Phi) is 6.48. The first-order valence-corrected chi connectivity index (χ1v) is 6.65. The molecule has 0 unspecified atom stereocenters. The number of hydrogen-bond acceptors (Lipinski definition) is 3. The van der Waals surface area contributed by atoms with E-state index in [4.69, 9.17) is 10.2 Å². The third-order valence-electron chi connectivity index (χ3n) is 2.98. The lowest BCUT2D eigenvalue weighted by Crippen LogP contribution is -2.11. The van der Waals surface area contributed by atoms with Gasteiger partial charge in [-0.3, -0.25) is 0 Å². The summed E-state index contributed by atoms with van der Waals surface area (Å²) in [5, 5.41) is 20.5. The molecule has 0 saturated carbocycles. The lowest BCUT2D eigenvalue weighted by atomic mass is 10.1. The predicted octanol–water partition coefficient (Wildman–Crippen LogP) is 3.37. The molecule has 1 aromatic carbocycles. The Morgan fingerprint density at radius 3 is 2.38 bits per heavy atom. The van der Waals surface area contributed by atoms with E-state index < -0.39 is 17.7 Å². The van der Waals surface area contributed by atoms with Crippen molar-refractivity contribution in [3.8, 4) is 0 Å². The van der Waals surface area contributed by atoms with Gasteiger partial charge in [0.15, 0.2) is 0 Å². The maximum Gasteiger partial charge on any atom is 0.416 e. The second-order valence-corrected chi connectivity index (χ2v) is 4.63. The molecule has 1 rings (SSSR count). The Balaban J connectivity index is 2.67. The topological polar surface area (TPSA) is 69.6 Å². The smallest absolute Gasteiger partial charge is 0.416 e. The van der Waals surface area contributed by atoms with Crippen LogP contribution >= 0.6 is 0 Å². The zero-order chi connectivity index (χ0) is 15.9. The summed E-state index contributed by atoms with van der Waals surface area (Å²) in [5.41, 5.74) is -1.19. The van der Waals surface area contributed by atoms with Crippen molar-refractivity contribution in [3.63, 3.8) is 0 Å². The van der Waals surface area contributed by atoms with Gasteiger partial charge >= 0.3 is 12.1 Å². The first kappa shape index (κ1) is 17.3. The molecular formula is C14H18F3NO3. The number of carboxylic acid groups (broad SMARTS) is 1. The van der Waals surface area contributed by atoms with Gasteiger partial charge in [-0.2, -0.15) is 13.2 Å². The summed E-state index contributed by atoms with van der Waals surface area (Å²) in [6.07, 6.45) is -1.39. The van der Waals surface area contributed by atoms with Crippen molar-refractivity contribution in [3.05, 3.63) is 29.3 Å². The largest absolute Gasteiger partial charge is 0.478 e. The zero-order valence-electron chi connectivity index (χ0n) is 11.4. The average molecular weight is 305 g/mol. The number of carbonyl (C=O) groups is 1. The van der Waals surface area contributed by atoms with Crippen molar-refractivity contribution >= 4 is 11.7 Å². The number of benzene rings is 1. The lowest BCUT2D eigenvalue weighted by Gasteiger charge is -2.13. The van der Waals surface area contributed by atoms with E-state index in [0.717, 1.165) is 31.4 Å². The van der Waals surface area contributed by atoms with Gasteiger partial charge in [-0.1, -0.05) is 12.8 Å². The number of rotatable bonds is 8. The first-order chi connectivity index (χ1) is 9.86. The Morgan fingerprint density at radius 2 is 1.81 bits per heavy atom. The molecule has 1 aromatic rings. The molecule has 118 valence electrons. The maximum absolute atomic E-state index is 12.6. The van der Waals surface area contributed by atoms with Crippen molar-refractivity contribution in [1.29, 1.82) is 0 Å². The predicted molar refractivity (Wildman–Crippen MR) is 72.4 cm³/mol. The number of alkyl halides is 3. The highest BCUT2D eigenvalue weighted by atomic mass is 19.4. The molecule has 0 radical (unpaired) electrons. The van der Waals surface area contributed by atoms with E-state index in [9.17, 15) is 18.0 Å². The van der Waals surface area contributed by atoms with Crippen LogP contribution in [-0.2, 0) is 6.18 Å². The summed E-state index contributed by atoms with van der Waals surface area (Å²) < 4.78 is 37.7. The molecule has 0 aliphatic rings. The summed E-state index contributed by atoms with van der Waals surface area (Å²) in [6.45, 7) is 0.604. The SMILES string of the molecule is O=C(O)c1cc(C(F)(F)F)ccc1NCCCCCCO. The van der Waals surface area contributed by atoms with Crippen molar-refractivity contribution < 1.29 is 28.2 Å². The molecule has 4 nitrogen and oxygen atoms in total. The molecule has 0 aliphatic carbocycles. The van der Waals surface area contributed by atoms with Crippen LogP contribution in [0.4, 0.5) is 18.9 Å². The van der Waals surface area contributed by atoms with Gasteiger partial charge in [-0.25, -0.2) is 4.79 Å². The highest BCUT2D eigenvalue weighted by Crippen LogP contribution is 2.31. The standard InChI is InChI=1S/C14H18F3NO3/c15-14(16,17)10-5-6-12(11(9-10)13(20)21)18-7-3-1-2-4-8-19/h5-6,9,18-19H,1-4,7-8H2,(H,20,21). The normalized spacial score (nSPS) is 11.4. The quantitative estimate of drug-likeness (QED) is 0.644. The molecular weight excluding hydrogens is 287 g/mol. The van der Waals surface area contributed by atoms with Crippen molar-refractivity contribution in [1.82, 2.24) is 0 Å². The molecule has 0 spiro atoms. The Bertz CT molecular complexity index is 475. The average Bonchev–Trinajstić information content (AvgIpc) is 2.41. The molecule has 0 bridgehead atoms. The van der Waals surface area contributed by atoms with Crippen LogP contribution in [0, 0.1) is 0 Å². The van der Waals surface area contributed by atoms with E-state index in [-0.39, 0.29) is 17.9 Å². The molecule has 7 heteroatoms. The van der Waals surface area contributed by atoms with E-state index >= 15 is 0 Å². The third-order valence-corrected chi connectivity index (χ3v) is 2.98. The monoisotopic (exact) mass is 305 g/mol. The van der Waals surface area contributed by atoms with Crippen LogP contribution in [0.25, 0.3) is 0 Å². The van der Waals surface area contributed by atoms with Gasteiger partial charge in [-0.15, -0.1) is 0 Å². The second kappa shape index (κ2) is 7.87. The summed E-state index contributed by atoms with van der Waals surface area (Å²) in [4.78, 5) is 11.0. The lowest BCUT2D eigenvalue weighted by molar-refractivity contribution is -0.137. The number of carboxylic acids is 1.